The van der Waals surface area contributed by atoms with Crippen LogP contribution in [0.3, 0.4) is 0 Å². The molecule has 0 saturated carbocycles. The minimum Gasteiger partial charge on any atom is -0.427 e. The van der Waals surface area contributed by atoms with Crippen molar-refractivity contribution in [3.05, 3.63) is 11.6 Å². The summed E-state index contributed by atoms with van der Waals surface area (Å²) in [5.74, 6) is -2.38. The smallest absolute Gasteiger partial charge is 0.339 e. The van der Waals surface area contributed by atoms with E-state index in [1.807, 2.05) is 0 Å². The summed E-state index contributed by atoms with van der Waals surface area (Å²) in [6.45, 7) is 3.56. The lowest BCUT2D eigenvalue weighted by Crippen LogP contribution is -2.35. The van der Waals surface area contributed by atoms with Crippen molar-refractivity contribution in [2.75, 3.05) is 0 Å². The molecular formula is C21H38O4. The van der Waals surface area contributed by atoms with Gasteiger partial charge >= 0.3 is 5.97 Å². The molecule has 0 aromatic heterocycles. The van der Waals surface area contributed by atoms with Crippen molar-refractivity contribution < 1.29 is 19.7 Å². The quantitative estimate of drug-likeness (QED) is 0.261. The zero-order chi connectivity index (χ0) is 18.5. The number of hydrogen-bond donors (Lipinski definition) is 2. The number of unbranched alkanes of at least 4 members (excludes halogenated alkanes) is 13. The van der Waals surface area contributed by atoms with Gasteiger partial charge in [-0.05, 0) is 12.8 Å². The zero-order valence-corrected chi connectivity index (χ0v) is 16.3. The Morgan fingerprint density at radius 2 is 1.36 bits per heavy atom. The molecule has 0 amide bonds. The highest BCUT2D eigenvalue weighted by Crippen LogP contribution is 2.29. The molecule has 0 aromatic rings. The third kappa shape index (κ3) is 8.87. The second-order valence-electron chi connectivity index (χ2n) is 7.54. The fourth-order valence-corrected chi connectivity index (χ4v) is 3.32. The van der Waals surface area contributed by atoms with E-state index in [1.54, 1.807) is 6.08 Å². The molecule has 0 radical (unpaired) electrons. The minimum atomic E-state index is -1.78. The van der Waals surface area contributed by atoms with Gasteiger partial charge in [0.15, 0.2) is 6.10 Å². The summed E-state index contributed by atoms with van der Waals surface area (Å²) in [5, 5.41) is 19.5. The molecule has 4 nitrogen and oxygen atoms in total. The molecule has 0 spiro atoms. The first-order chi connectivity index (χ1) is 12.0. The Labute approximate surface area is 153 Å². The number of carbonyl (C=O) groups is 1. The predicted molar refractivity (Wildman–Crippen MR) is 101 cm³/mol. The fourth-order valence-electron chi connectivity index (χ4n) is 3.32. The van der Waals surface area contributed by atoms with E-state index >= 15 is 0 Å². The van der Waals surface area contributed by atoms with Crippen LogP contribution in [0.2, 0.25) is 0 Å². The molecule has 4 heteroatoms. The SMILES string of the molecule is CCCCCCCCCCCCCCCC=C1C(=O)OC(C)(O)C1O. The maximum Gasteiger partial charge on any atom is 0.339 e. The normalized spacial score (nSPS) is 24.9. The Morgan fingerprint density at radius 1 is 0.920 bits per heavy atom. The lowest BCUT2D eigenvalue weighted by atomic mass is 10.0. The lowest BCUT2D eigenvalue weighted by molar-refractivity contribution is -0.203. The first-order valence-corrected chi connectivity index (χ1v) is 10.3. The molecule has 2 atom stereocenters. The van der Waals surface area contributed by atoms with E-state index in [1.165, 1.54) is 77.6 Å². The molecule has 1 aliphatic heterocycles. The van der Waals surface area contributed by atoms with E-state index in [0.717, 1.165) is 19.3 Å². The lowest BCUT2D eigenvalue weighted by Gasteiger charge is -2.17. The molecule has 0 bridgehead atoms. The van der Waals surface area contributed by atoms with Crippen LogP contribution < -0.4 is 0 Å². The van der Waals surface area contributed by atoms with Crippen LogP contribution in [-0.4, -0.2) is 28.1 Å². The summed E-state index contributed by atoms with van der Waals surface area (Å²) in [6, 6.07) is 0. The van der Waals surface area contributed by atoms with Gasteiger partial charge in [-0.15, -0.1) is 0 Å². The van der Waals surface area contributed by atoms with Gasteiger partial charge in [-0.1, -0.05) is 90.0 Å². The van der Waals surface area contributed by atoms with E-state index < -0.39 is 17.9 Å². The van der Waals surface area contributed by atoms with Gasteiger partial charge in [-0.25, -0.2) is 4.79 Å². The largest absolute Gasteiger partial charge is 0.427 e. The van der Waals surface area contributed by atoms with Crippen LogP contribution in [0.4, 0.5) is 0 Å². The van der Waals surface area contributed by atoms with E-state index in [4.69, 9.17) is 4.74 Å². The Bertz CT molecular complexity index is 401. The van der Waals surface area contributed by atoms with Crippen molar-refractivity contribution in [3.63, 3.8) is 0 Å². The van der Waals surface area contributed by atoms with Gasteiger partial charge < -0.3 is 14.9 Å². The number of aliphatic hydroxyl groups is 2. The molecule has 2 N–H and O–H groups in total. The number of ether oxygens (including phenoxy) is 1. The molecule has 25 heavy (non-hydrogen) atoms. The van der Waals surface area contributed by atoms with Crippen LogP contribution in [0.5, 0.6) is 0 Å². The van der Waals surface area contributed by atoms with Crippen molar-refractivity contribution >= 4 is 5.97 Å². The van der Waals surface area contributed by atoms with Gasteiger partial charge in [0.2, 0.25) is 5.79 Å². The Balaban J connectivity index is 1.93. The first-order valence-electron chi connectivity index (χ1n) is 10.3. The summed E-state index contributed by atoms with van der Waals surface area (Å²) in [6.07, 6.45) is 18.2. The topological polar surface area (TPSA) is 66.8 Å². The summed E-state index contributed by atoms with van der Waals surface area (Å²) in [7, 11) is 0. The molecule has 1 fully saturated rings. The van der Waals surface area contributed by atoms with E-state index in [9.17, 15) is 15.0 Å². The molecule has 0 aliphatic carbocycles. The molecule has 2 unspecified atom stereocenters. The van der Waals surface area contributed by atoms with Crippen molar-refractivity contribution in [2.24, 2.45) is 0 Å². The number of allylic oxidation sites excluding steroid dienone is 1. The summed E-state index contributed by atoms with van der Waals surface area (Å²) >= 11 is 0. The van der Waals surface area contributed by atoms with Gasteiger partial charge in [0.25, 0.3) is 0 Å². The van der Waals surface area contributed by atoms with Crippen LogP contribution in [0, 0.1) is 0 Å². The summed E-state index contributed by atoms with van der Waals surface area (Å²) in [4.78, 5) is 11.6. The maximum absolute atomic E-state index is 11.6. The second-order valence-corrected chi connectivity index (χ2v) is 7.54. The molecule has 1 heterocycles. The van der Waals surface area contributed by atoms with Gasteiger partial charge in [0.1, 0.15) is 0 Å². The average molecular weight is 355 g/mol. The Kier molecular flexibility index (Phi) is 11.1. The van der Waals surface area contributed by atoms with Crippen LogP contribution in [-0.2, 0) is 9.53 Å². The zero-order valence-electron chi connectivity index (χ0n) is 16.3. The fraction of sp³-hybridized carbons (Fsp3) is 0.857. The van der Waals surface area contributed by atoms with Gasteiger partial charge in [0.05, 0.1) is 5.57 Å². The van der Waals surface area contributed by atoms with E-state index in [0.29, 0.717) is 0 Å². The van der Waals surface area contributed by atoms with Crippen molar-refractivity contribution in [2.45, 2.75) is 116 Å². The number of carbonyl (C=O) groups excluding carboxylic acids is 1. The second kappa shape index (κ2) is 12.5. The highest BCUT2D eigenvalue weighted by molar-refractivity contribution is 5.92. The molecular weight excluding hydrogens is 316 g/mol. The Hall–Kier alpha value is -0.870. The highest BCUT2D eigenvalue weighted by Gasteiger charge is 2.47. The predicted octanol–water partition coefficient (Wildman–Crippen LogP) is 5.02. The third-order valence-corrected chi connectivity index (χ3v) is 5.01. The van der Waals surface area contributed by atoms with Crippen molar-refractivity contribution in [3.8, 4) is 0 Å². The third-order valence-electron chi connectivity index (χ3n) is 5.01. The first kappa shape index (κ1) is 22.2. The maximum atomic E-state index is 11.6. The molecule has 1 rings (SSSR count). The summed E-state index contributed by atoms with van der Waals surface area (Å²) < 4.78 is 4.74. The number of cyclic esters (lactones) is 1. The van der Waals surface area contributed by atoms with Gasteiger partial charge in [-0.2, -0.15) is 0 Å². The van der Waals surface area contributed by atoms with E-state index in [2.05, 4.69) is 6.92 Å². The van der Waals surface area contributed by atoms with Crippen molar-refractivity contribution in [1.82, 2.24) is 0 Å². The number of hydrogen-bond acceptors (Lipinski definition) is 4. The molecule has 1 aliphatic rings. The highest BCUT2D eigenvalue weighted by atomic mass is 16.7. The molecule has 146 valence electrons. The summed E-state index contributed by atoms with van der Waals surface area (Å²) in [5.41, 5.74) is 0.198. The molecule has 1 saturated heterocycles. The molecule has 0 aromatic carbocycles. The van der Waals surface area contributed by atoms with Crippen LogP contribution >= 0.6 is 0 Å². The average Bonchev–Trinajstić information content (AvgIpc) is 2.76. The number of esters is 1. The van der Waals surface area contributed by atoms with Crippen LogP contribution in [0.25, 0.3) is 0 Å². The van der Waals surface area contributed by atoms with Crippen molar-refractivity contribution in [1.29, 1.82) is 0 Å². The monoisotopic (exact) mass is 354 g/mol. The standard InChI is InChI=1S/C21H38O4/c1-3-4-5-6-7-8-9-10-11-12-13-14-15-16-17-18-19(22)21(2,24)25-20(18)23/h17,19,22,24H,3-16H2,1-2H3. The number of rotatable bonds is 14. The van der Waals surface area contributed by atoms with Crippen LogP contribution in [0.1, 0.15) is 104 Å². The minimum absolute atomic E-state index is 0.198. The van der Waals surface area contributed by atoms with E-state index in [-0.39, 0.29) is 5.57 Å². The Morgan fingerprint density at radius 3 is 1.76 bits per heavy atom. The van der Waals surface area contributed by atoms with Gasteiger partial charge in [0, 0.05) is 6.92 Å². The van der Waals surface area contributed by atoms with Gasteiger partial charge in [-0.3, -0.25) is 0 Å². The van der Waals surface area contributed by atoms with Crippen LogP contribution in [0.15, 0.2) is 11.6 Å². The number of aliphatic hydroxyl groups excluding tert-OH is 1.